The molecule has 1 N–H and O–H groups in total. The van der Waals surface area contributed by atoms with Crippen LogP contribution in [0.4, 0.5) is 5.69 Å². The second kappa shape index (κ2) is 4.88. The Kier molecular flexibility index (Phi) is 3.49. The highest BCUT2D eigenvalue weighted by Gasteiger charge is 2.19. The van der Waals surface area contributed by atoms with Gasteiger partial charge in [-0.25, -0.2) is 0 Å². The molecule has 1 aromatic rings. The van der Waals surface area contributed by atoms with Crippen LogP contribution in [0.2, 0.25) is 0 Å². The first kappa shape index (κ1) is 11.5. The number of nitrogens with one attached hydrogen (secondary N) is 1. The molecule has 0 saturated heterocycles. The van der Waals surface area contributed by atoms with Crippen LogP contribution in [-0.2, 0) is 0 Å². The molecule has 2 rings (SSSR count). The van der Waals surface area contributed by atoms with Crippen molar-refractivity contribution in [1.82, 2.24) is 5.32 Å². The third-order valence-corrected chi connectivity index (χ3v) is 3.23. The van der Waals surface area contributed by atoms with Gasteiger partial charge in [-0.1, -0.05) is 12.1 Å². The van der Waals surface area contributed by atoms with Crippen molar-refractivity contribution in [3.63, 3.8) is 0 Å². The number of hydrogen-bond acceptors (Lipinski definition) is 2. The molecule has 2 heteroatoms. The molecule has 1 saturated carbocycles. The Balaban J connectivity index is 1.90. The molecule has 0 amide bonds. The van der Waals surface area contributed by atoms with Crippen molar-refractivity contribution >= 4 is 5.69 Å². The van der Waals surface area contributed by atoms with E-state index in [2.05, 4.69) is 49.3 Å². The second-order valence-electron chi connectivity index (χ2n) is 4.94. The van der Waals surface area contributed by atoms with Gasteiger partial charge in [-0.05, 0) is 43.9 Å². The average molecular weight is 218 g/mol. The monoisotopic (exact) mass is 218 g/mol. The number of likely N-dealkylation sites (N-methyl/N-ethyl adjacent to an activating group) is 1. The zero-order valence-electron chi connectivity index (χ0n) is 10.6. The van der Waals surface area contributed by atoms with Crippen molar-refractivity contribution in [3.05, 3.63) is 29.3 Å². The van der Waals surface area contributed by atoms with Gasteiger partial charge in [-0.2, -0.15) is 0 Å². The number of rotatable bonds is 5. The van der Waals surface area contributed by atoms with Gasteiger partial charge in [0.05, 0.1) is 0 Å². The molecule has 0 bridgehead atoms. The molecule has 0 radical (unpaired) electrons. The molecular formula is C14H22N2. The maximum atomic E-state index is 3.55. The van der Waals surface area contributed by atoms with E-state index in [4.69, 9.17) is 0 Å². The number of aryl methyl sites for hydroxylation is 2. The minimum atomic E-state index is 0.812. The van der Waals surface area contributed by atoms with E-state index in [-0.39, 0.29) is 0 Å². The molecule has 0 heterocycles. The highest BCUT2D eigenvalue weighted by molar-refractivity contribution is 5.54. The number of anilines is 1. The smallest absolute Gasteiger partial charge is 0.0396 e. The Labute approximate surface area is 98.7 Å². The van der Waals surface area contributed by atoms with E-state index in [1.54, 1.807) is 0 Å². The lowest BCUT2D eigenvalue weighted by molar-refractivity contribution is 0.674. The summed E-state index contributed by atoms with van der Waals surface area (Å²) >= 11 is 0. The molecule has 1 aromatic carbocycles. The lowest BCUT2D eigenvalue weighted by Crippen LogP contribution is -2.30. The molecule has 88 valence electrons. The normalized spacial score (nSPS) is 15.2. The molecule has 2 nitrogen and oxygen atoms in total. The topological polar surface area (TPSA) is 15.3 Å². The van der Waals surface area contributed by atoms with E-state index in [9.17, 15) is 0 Å². The molecule has 0 aromatic heterocycles. The Hall–Kier alpha value is -1.02. The van der Waals surface area contributed by atoms with Crippen molar-refractivity contribution < 1.29 is 0 Å². The van der Waals surface area contributed by atoms with Crippen LogP contribution < -0.4 is 10.2 Å². The highest BCUT2D eigenvalue weighted by atomic mass is 15.1. The van der Waals surface area contributed by atoms with Gasteiger partial charge in [0.25, 0.3) is 0 Å². The minimum absolute atomic E-state index is 0.812. The first-order valence-corrected chi connectivity index (χ1v) is 6.18. The van der Waals surface area contributed by atoms with Gasteiger partial charge in [0, 0.05) is 31.9 Å². The number of benzene rings is 1. The quantitative estimate of drug-likeness (QED) is 0.817. The Bertz CT molecular complexity index is 356. The van der Waals surface area contributed by atoms with Crippen molar-refractivity contribution in [3.8, 4) is 0 Å². The van der Waals surface area contributed by atoms with Gasteiger partial charge in [0.1, 0.15) is 0 Å². The first-order chi connectivity index (χ1) is 7.66. The minimum Gasteiger partial charge on any atom is -0.373 e. The Morgan fingerprint density at radius 1 is 1.31 bits per heavy atom. The summed E-state index contributed by atoms with van der Waals surface area (Å²) in [6.07, 6.45) is 2.74. The Morgan fingerprint density at radius 2 is 2.06 bits per heavy atom. The van der Waals surface area contributed by atoms with Crippen LogP contribution >= 0.6 is 0 Å². The van der Waals surface area contributed by atoms with E-state index in [0.717, 1.165) is 19.1 Å². The molecule has 1 fully saturated rings. The summed E-state index contributed by atoms with van der Waals surface area (Å²) < 4.78 is 0. The molecule has 1 aliphatic rings. The van der Waals surface area contributed by atoms with E-state index < -0.39 is 0 Å². The van der Waals surface area contributed by atoms with Gasteiger partial charge in [-0.3, -0.25) is 0 Å². The first-order valence-electron chi connectivity index (χ1n) is 6.18. The molecular weight excluding hydrogens is 196 g/mol. The summed E-state index contributed by atoms with van der Waals surface area (Å²) in [6.45, 7) is 6.51. The highest BCUT2D eigenvalue weighted by Crippen LogP contribution is 2.21. The molecule has 16 heavy (non-hydrogen) atoms. The van der Waals surface area contributed by atoms with Crippen LogP contribution in [-0.4, -0.2) is 26.2 Å². The summed E-state index contributed by atoms with van der Waals surface area (Å²) in [5.41, 5.74) is 4.06. The fraction of sp³-hybridized carbons (Fsp3) is 0.571. The summed E-state index contributed by atoms with van der Waals surface area (Å²) in [5.74, 6) is 0. The van der Waals surface area contributed by atoms with Crippen LogP contribution in [0.15, 0.2) is 18.2 Å². The summed E-state index contributed by atoms with van der Waals surface area (Å²) in [4.78, 5) is 2.34. The Morgan fingerprint density at radius 3 is 2.75 bits per heavy atom. The van der Waals surface area contributed by atoms with Crippen LogP contribution in [0.25, 0.3) is 0 Å². The van der Waals surface area contributed by atoms with Crippen LogP contribution in [0, 0.1) is 13.8 Å². The molecule has 0 aliphatic heterocycles. The van der Waals surface area contributed by atoms with Gasteiger partial charge in [0.15, 0.2) is 0 Å². The lowest BCUT2D eigenvalue weighted by atomic mass is 10.1. The fourth-order valence-electron chi connectivity index (χ4n) is 1.97. The van der Waals surface area contributed by atoms with Crippen LogP contribution in [0.5, 0.6) is 0 Å². The SMILES string of the molecule is Cc1ccc(C)c(N(C)CCNC2CC2)c1. The summed E-state index contributed by atoms with van der Waals surface area (Å²) in [5, 5.41) is 3.55. The lowest BCUT2D eigenvalue weighted by Gasteiger charge is -2.22. The second-order valence-corrected chi connectivity index (χ2v) is 4.94. The van der Waals surface area contributed by atoms with Gasteiger partial charge in [0.2, 0.25) is 0 Å². The zero-order chi connectivity index (χ0) is 11.5. The fourth-order valence-corrected chi connectivity index (χ4v) is 1.97. The van der Waals surface area contributed by atoms with Crippen molar-refractivity contribution in [2.45, 2.75) is 32.7 Å². The van der Waals surface area contributed by atoms with E-state index in [1.165, 1.54) is 29.7 Å². The van der Waals surface area contributed by atoms with Gasteiger partial charge >= 0.3 is 0 Å². The summed E-state index contributed by atoms with van der Waals surface area (Å²) in [7, 11) is 2.18. The van der Waals surface area contributed by atoms with Crippen molar-refractivity contribution in [1.29, 1.82) is 0 Å². The third-order valence-electron chi connectivity index (χ3n) is 3.23. The van der Waals surface area contributed by atoms with Crippen LogP contribution in [0.1, 0.15) is 24.0 Å². The van der Waals surface area contributed by atoms with E-state index in [0.29, 0.717) is 0 Å². The number of hydrogen-bond donors (Lipinski definition) is 1. The van der Waals surface area contributed by atoms with Crippen LogP contribution in [0.3, 0.4) is 0 Å². The maximum Gasteiger partial charge on any atom is 0.0396 e. The average Bonchev–Trinajstić information content (AvgIpc) is 3.05. The zero-order valence-corrected chi connectivity index (χ0v) is 10.6. The maximum absolute atomic E-state index is 3.55. The largest absolute Gasteiger partial charge is 0.373 e. The molecule has 1 aliphatic carbocycles. The predicted molar refractivity (Wildman–Crippen MR) is 70.2 cm³/mol. The third kappa shape index (κ3) is 2.99. The number of nitrogens with zero attached hydrogens (tertiary/aromatic N) is 1. The predicted octanol–water partition coefficient (Wildman–Crippen LogP) is 2.49. The standard InChI is InChI=1S/C14H22N2/c1-11-4-5-12(2)14(10-11)16(3)9-8-15-13-6-7-13/h4-5,10,13,15H,6-9H2,1-3H3. The molecule has 0 spiro atoms. The van der Waals surface area contributed by atoms with Gasteiger partial charge < -0.3 is 10.2 Å². The summed E-state index contributed by atoms with van der Waals surface area (Å²) in [6, 6.07) is 7.46. The van der Waals surface area contributed by atoms with E-state index >= 15 is 0 Å². The van der Waals surface area contributed by atoms with Crippen molar-refractivity contribution in [2.75, 3.05) is 25.0 Å². The van der Waals surface area contributed by atoms with Crippen molar-refractivity contribution in [2.24, 2.45) is 0 Å². The van der Waals surface area contributed by atoms with Gasteiger partial charge in [-0.15, -0.1) is 0 Å². The van der Waals surface area contributed by atoms with E-state index in [1.807, 2.05) is 0 Å². The molecule has 0 atom stereocenters. The molecule has 0 unspecified atom stereocenters.